The Morgan fingerprint density at radius 3 is 1.24 bits per heavy atom. The van der Waals surface area contributed by atoms with Crippen LogP contribution in [-0.4, -0.2) is 5.11 Å². The molecule has 0 amide bonds. The summed E-state index contributed by atoms with van der Waals surface area (Å²) in [5.41, 5.74) is 9.12. The molecule has 0 bridgehead atoms. The summed E-state index contributed by atoms with van der Waals surface area (Å²) in [6, 6.07) is 33.9. The Balaban J connectivity index is 1.72. The summed E-state index contributed by atoms with van der Waals surface area (Å²) in [6.07, 6.45) is 0. The van der Waals surface area contributed by atoms with E-state index in [0.717, 1.165) is 33.8 Å². The number of aryl methyl sites for hydroxylation is 2. The first-order valence-corrected chi connectivity index (χ1v) is 9.88. The molecular weight excluding hydrogens is 354 g/mol. The zero-order valence-electron chi connectivity index (χ0n) is 16.8. The number of benzene rings is 4. The van der Waals surface area contributed by atoms with Crippen molar-refractivity contribution in [1.82, 2.24) is 0 Å². The van der Waals surface area contributed by atoms with Gasteiger partial charge in [0.25, 0.3) is 0 Å². The molecule has 0 saturated heterocycles. The fraction of sp³-hybridized carbons (Fsp3) is 0.111. The Morgan fingerprint density at radius 2 is 0.862 bits per heavy atom. The number of aliphatic hydroxyl groups is 1. The van der Waals surface area contributed by atoms with Crippen LogP contribution in [-0.2, 0) is 6.61 Å². The number of nitrogens with zero attached hydrogens (tertiary/aromatic N) is 1. The van der Waals surface area contributed by atoms with E-state index in [-0.39, 0.29) is 6.61 Å². The first kappa shape index (κ1) is 19.0. The zero-order valence-corrected chi connectivity index (χ0v) is 16.8. The number of anilines is 3. The van der Waals surface area contributed by atoms with Crippen LogP contribution >= 0.6 is 0 Å². The monoisotopic (exact) mass is 379 g/mol. The van der Waals surface area contributed by atoms with E-state index in [1.54, 1.807) is 0 Å². The van der Waals surface area contributed by atoms with E-state index in [0.29, 0.717) is 0 Å². The van der Waals surface area contributed by atoms with Crippen LogP contribution in [0.2, 0.25) is 0 Å². The van der Waals surface area contributed by atoms with Crippen molar-refractivity contribution >= 4 is 17.1 Å². The van der Waals surface area contributed by atoms with Crippen LogP contribution in [0.1, 0.15) is 16.7 Å². The molecule has 0 fully saturated rings. The van der Waals surface area contributed by atoms with Crippen molar-refractivity contribution < 1.29 is 5.11 Å². The average molecular weight is 380 g/mol. The normalized spacial score (nSPS) is 10.7. The van der Waals surface area contributed by atoms with Gasteiger partial charge in [0.05, 0.1) is 6.61 Å². The Hall–Kier alpha value is -3.36. The SMILES string of the molecule is Cc1ccc(N(c2ccc(C)cc2)c2ccc(-c3ccc(CO)cc3)cc2)cc1. The fourth-order valence-corrected chi connectivity index (χ4v) is 3.44. The van der Waals surface area contributed by atoms with Gasteiger partial charge in [-0.3, -0.25) is 0 Å². The van der Waals surface area contributed by atoms with Gasteiger partial charge in [0.15, 0.2) is 0 Å². The first-order valence-electron chi connectivity index (χ1n) is 9.88. The lowest BCUT2D eigenvalue weighted by Crippen LogP contribution is -2.09. The van der Waals surface area contributed by atoms with Crippen LogP contribution in [0.5, 0.6) is 0 Å². The molecular formula is C27H25NO. The lowest BCUT2D eigenvalue weighted by Gasteiger charge is -2.26. The van der Waals surface area contributed by atoms with E-state index in [1.165, 1.54) is 11.1 Å². The number of aliphatic hydroxyl groups excluding tert-OH is 1. The minimum absolute atomic E-state index is 0.0707. The molecule has 2 nitrogen and oxygen atoms in total. The predicted octanol–water partition coefficient (Wildman–Crippen LogP) is 6.93. The highest BCUT2D eigenvalue weighted by molar-refractivity contribution is 5.78. The maximum atomic E-state index is 9.24. The van der Waals surface area contributed by atoms with Crippen molar-refractivity contribution in [3.05, 3.63) is 114 Å². The zero-order chi connectivity index (χ0) is 20.2. The highest BCUT2D eigenvalue weighted by Gasteiger charge is 2.12. The molecule has 4 aromatic rings. The third-order valence-electron chi connectivity index (χ3n) is 5.18. The minimum atomic E-state index is 0.0707. The molecule has 4 rings (SSSR count). The standard InChI is InChI=1S/C27H25NO/c1-20-3-13-25(14-4-20)28(26-15-5-21(2)6-16-26)27-17-11-24(12-18-27)23-9-7-22(19-29)8-10-23/h3-18,29H,19H2,1-2H3. The van der Waals surface area contributed by atoms with Crippen LogP contribution in [0.15, 0.2) is 97.1 Å². The lowest BCUT2D eigenvalue weighted by molar-refractivity contribution is 0.282. The van der Waals surface area contributed by atoms with Crippen LogP contribution in [0, 0.1) is 13.8 Å². The molecule has 0 heterocycles. The van der Waals surface area contributed by atoms with Crippen molar-refractivity contribution in [2.24, 2.45) is 0 Å². The van der Waals surface area contributed by atoms with E-state index in [1.807, 2.05) is 12.1 Å². The summed E-state index contributed by atoms with van der Waals surface area (Å²) >= 11 is 0. The summed E-state index contributed by atoms with van der Waals surface area (Å²) in [5, 5.41) is 9.24. The van der Waals surface area contributed by atoms with Crippen molar-refractivity contribution in [3.63, 3.8) is 0 Å². The van der Waals surface area contributed by atoms with Gasteiger partial charge in [-0.15, -0.1) is 0 Å². The molecule has 144 valence electrons. The molecule has 0 unspecified atom stereocenters. The van der Waals surface area contributed by atoms with Gasteiger partial charge in [0.1, 0.15) is 0 Å². The molecule has 0 atom stereocenters. The first-order chi connectivity index (χ1) is 14.1. The van der Waals surface area contributed by atoms with Gasteiger partial charge < -0.3 is 10.0 Å². The molecule has 0 spiro atoms. The van der Waals surface area contributed by atoms with Crippen molar-refractivity contribution in [2.45, 2.75) is 20.5 Å². The Kier molecular flexibility index (Phi) is 5.46. The Morgan fingerprint density at radius 1 is 0.517 bits per heavy atom. The van der Waals surface area contributed by atoms with Gasteiger partial charge in [-0.25, -0.2) is 0 Å². The van der Waals surface area contributed by atoms with Gasteiger partial charge in [0.2, 0.25) is 0 Å². The third-order valence-corrected chi connectivity index (χ3v) is 5.18. The molecule has 0 aromatic heterocycles. The second-order valence-electron chi connectivity index (χ2n) is 7.41. The van der Waals surface area contributed by atoms with Gasteiger partial charge >= 0.3 is 0 Å². The summed E-state index contributed by atoms with van der Waals surface area (Å²) in [5.74, 6) is 0. The second-order valence-corrected chi connectivity index (χ2v) is 7.41. The maximum Gasteiger partial charge on any atom is 0.0681 e. The van der Waals surface area contributed by atoms with Gasteiger partial charge in [-0.05, 0) is 66.9 Å². The molecule has 0 aliphatic heterocycles. The van der Waals surface area contributed by atoms with E-state index in [2.05, 4.69) is 104 Å². The van der Waals surface area contributed by atoms with Crippen LogP contribution in [0.4, 0.5) is 17.1 Å². The Labute approximate surface area is 172 Å². The summed E-state index contributed by atoms with van der Waals surface area (Å²) in [6.45, 7) is 4.29. The van der Waals surface area contributed by atoms with Crippen molar-refractivity contribution in [1.29, 1.82) is 0 Å². The minimum Gasteiger partial charge on any atom is -0.392 e. The van der Waals surface area contributed by atoms with E-state index >= 15 is 0 Å². The van der Waals surface area contributed by atoms with E-state index in [4.69, 9.17) is 0 Å². The lowest BCUT2D eigenvalue weighted by atomic mass is 10.0. The molecule has 4 aromatic carbocycles. The highest BCUT2D eigenvalue weighted by atomic mass is 16.3. The van der Waals surface area contributed by atoms with Gasteiger partial charge in [-0.1, -0.05) is 71.8 Å². The highest BCUT2D eigenvalue weighted by Crippen LogP contribution is 2.35. The molecule has 0 aliphatic rings. The molecule has 0 saturated carbocycles. The predicted molar refractivity (Wildman–Crippen MR) is 122 cm³/mol. The van der Waals surface area contributed by atoms with Gasteiger partial charge in [0, 0.05) is 17.1 Å². The molecule has 29 heavy (non-hydrogen) atoms. The summed E-state index contributed by atoms with van der Waals surface area (Å²) < 4.78 is 0. The molecule has 0 radical (unpaired) electrons. The van der Waals surface area contributed by atoms with E-state index < -0.39 is 0 Å². The third kappa shape index (κ3) is 4.23. The molecule has 2 heteroatoms. The number of hydrogen-bond acceptors (Lipinski definition) is 2. The fourth-order valence-electron chi connectivity index (χ4n) is 3.44. The van der Waals surface area contributed by atoms with Crippen LogP contribution in [0.25, 0.3) is 11.1 Å². The summed E-state index contributed by atoms with van der Waals surface area (Å²) in [4.78, 5) is 2.28. The summed E-state index contributed by atoms with van der Waals surface area (Å²) in [7, 11) is 0. The molecule has 0 aliphatic carbocycles. The van der Waals surface area contributed by atoms with Gasteiger partial charge in [-0.2, -0.15) is 0 Å². The smallest absolute Gasteiger partial charge is 0.0681 e. The average Bonchev–Trinajstić information content (AvgIpc) is 2.77. The quantitative estimate of drug-likeness (QED) is 0.406. The number of rotatable bonds is 5. The molecule has 1 N–H and O–H groups in total. The van der Waals surface area contributed by atoms with Crippen molar-refractivity contribution in [3.8, 4) is 11.1 Å². The maximum absolute atomic E-state index is 9.24. The van der Waals surface area contributed by atoms with Crippen LogP contribution in [0.3, 0.4) is 0 Å². The van der Waals surface area contributed by atoms with E-state index in [9.17, 15) is 5.11 Å². The van der Waals surface area contributed by atoms with Crippen molar-refractivity contribution in [2.75, 3.05) is 4.90 Å². The van der Waals surface area contributed by atoms with Crippen LogP contribution < -0.4 is 4.90 Å². The second kappa shape index (κ2) is 8.34. The largest absolute Gasteiger partial charge is 0.392 e. The Bertz CT molecular complexity index is 1020. The topological polar surface area (TPSA) is 23.5 Å². The number of hydrogen-bond donors (Lipinski definition) is 1.